The van der Waals surface area contributed by atoms with E-state index in [0.29, 0.717) is 0 Å². The van der Waals surface area contributed by atoms with Crippen molar-refractivity contribution >= 4 is 34.1 Å². The van der Waals surface area contributed by atoms with Crippen molar-refractivity contribution in [3.8, 4) is 0 Å². The molecule has 11 nitrogen and oxygen atoms in total. The molecule has 0 aromatic carbocycles. The first kappa shape index (κ1) is 31.7. The fourth-order valence-electron chi connectivity index (χ4n) is 0.669. The lowest BCUT2D eigenvalue weighted by Gasteiger charge is -1.85. The van der Waals surface area contributed by atoms with Crippen molar-refractivity contribution in [1.82, 2.24) is 0 Å². The van der Waals surface area contributed by atoms with Gasteiger partial charge in [0.2, 0.25) is 0 Å². The molecule has 4 N–H and O–H groups in total. The molecule has 0 atom stereocenters. The van der Waals surface area contributed by atoms with E-state index >= 15 is 0 Å². The van der Waals surface area contributed by atoms with E-state index in [-0.39, 0.29) is 13.2 Å². The molecule has 0 unspecified atom stereocenters. The summed E-state index contributed by atoms with van der Waals surface area (Å²) in [5, 5.41) is 16.0. The SMILES string of the molecule is C.COC(=O)/C=C/C=C\C(C)=O.O=C(O)/C=C\C=C\C(=O)O.O=S(=O)(O)O. The predicted molar refractivity (Wildman–Crippen MR) is 95.4 cm³/mol. The molecule has 0 saturated carbocycles. The molecule has 0 fully saturated rings. The van der Waals surface area contributed by atoms with Gasteiger partial charge in [-0.3, -0.25) is 13.9 Å². The van der Waals surface area contributed by atoms with Crippen LogP contribution in [0.25, 0.3) is 0 Å². The molecule has 0 aliphatic heterocycles. The van der Waals surface area contributed by atoms with Crippen LogP contribution in [0, 0.1) is 0 Å². The molecular weight excluding hydrogens is 388 g/mol. The number of esters is 1. The van der Waals surface area contributed by atoms with Crippen LogP contribution >= 0.6 is 0 Å². The molecule has 0 aliphatic carbocycles. The Kier molecular flexibility index (Phi) is 22.6. The molecule has 0 spiro atoms. The van der Waals surface area contributed by atoms with Crippen molar-refractivity contribution in [3.63, 3.8) is 0 Å². The van der Waals surface area contributed by atoms with Crippen LogP contribution in [0.2, 0.25) is 0 Å². The first-order chi connectivity index (χ1) is 11.8. The third-order valence-electron chi connectivity index (χ3n) is 1.46. The van der Waals surface area contributed by atoms with E-state index in [4.69, 9.17) is 27.7 Å². The number of allylic oxidation sites excluding steroid dienone is 5. The zero-order valence-corrected chi connectivity index (χ0v) is 14.5. The third kappa shape index (κ3) is 60.1. The van der Waals surface area contributed by atoms with Gasteiger partial charge in [-0.2, -0.15) is 8.42 Å². The monoisotopic (exact) mass is 410 g/mol. The lowest BCUT2D eigenvalue weighted by molar-refractivity contribution is -0.135. The number of methoxy groups -OCH3 is 1. The summed E-state index contributed by atoms with van der Waals surface area (Å²) in [6, 6.07) is 0. The van der Waals surface area contributed by atoms with Gasteiger partial charge < -0.3 is 14.9 Å². The molecule has 0 aliphatic rings. The van der Waals surface area contributed by atoms with Gasteiger partial charge in [0.05, 0.1) is 7.11 Å². The number of carbonyl (C=O) groups is 4. The van der Waals surface area contributed by atoms with Crippen LogP contribution in [0.1, 0.15) is 14.4 Å². The van der Waals surface area contributed by atoms with Crippen LogP contribution in [0.4, 0.5) is 0 Å². The molecule has 0 bridgehead atoms. The molecule has 0 radical (unpaired) electrons. The van der Waals surface area contributed by atoms with Gasteiger partial charge in [0.25, 0.3) is 0 Å². The maximum Gasteiger partial charge on any atom is 0.394 e. The van der Waals surface area contributed by atoms with Crippen molar-refractivity contribution in [2.75, 3.05) is 7.11 Å². The topological polar surface area (TPSA) is 193 Å². The summed E-state index contributed by atoms with van der Waals surface area (Å²) in [6.45, 7) is 1.43. The van der Waals surface area contributed by atoms with Gasteiger partial charge >= 0.3 is 28.3 Å². The van der Waals surface area contributed by atoms with Gasteiger partial charge in [0.15, 0.2) is 5.78 Å². The minimum atomic E-state index is -4.67. The second-order valence-electron chi connectivity index (χ2n) is 3.69. The minimum Gasteiger partial charge on any atom is -0.478 e. The number of aliphatic carboxylic acids is 2. The Bertz CT molecular complexity index is 653. The number of carboxylic acid groups (broad SMARTS) is 2. The molecule has 0 saturated heterocycles. The Balaban J connectivity index is -0.000000154. The number of rotatable bonds is 6. The molecule has 0 amide bonds. The van der Waals surface area contributed by atoms with Crippen LogP contribution in [0.15, 0.2) is 48.6 Å². The normalized spacial score (nSPS) is 10.5. The second-order valence-corrected chi connectivity index (χ2v) is 4.59. The molecule has 0 aromatic rings. The standard InChI is InChI=1S/C8H10O3.C6H6O4.CH4.H2O4S/c1-7(9)5-3-4-6-8(10)11-2;7-5(8)3-1-2-4-6(9)10;;1-5(2,3)4/h3-6H,1-2H3;1-4H,(H,7,8)(H,9,10);1H4;(H2,1,2,3,4)/b5-3-,6-4+;3-1-,4-2+;;. The Morgan fingerprint density at radius 1 is 0.778 bits per heavy atom. The average Bonchev–Trinajstić information content (AvgIpc) is 2.46. The lowest BCUT2D eigenvalue weighted by atomic mass is 10.3. The van der Waals surface area contributed by atoms with E-state index < -0.39 is 28.3 Å². The van der Waals surface area contributed by atoms with Crippen LogP contribution in [0.3, 0.4) is 0 Å². The summed E-state index contributed by atoms with van der Waals surface area (Å²) >= 11 is 0. The maximum absolute atomic E-state index is 10.4. The third-order valence-corrected chi connectivity index (χ3v) is 1.46. The van der Waals surface area contributed by atoms with Crippen molar-refractivity contribution < 1.29 is 51.7 Å². The fraction of sp³-hybridized carbons (Fsp3) is 0.200. The van der Waals surface area contributed by atoms with E-state index in [1.807, 2.05) is 0 Å². The number of hydrogen-bond donors (Lipinski definition) is 4. The highest BCUT2D eigenvalue weighted by atomic mass is 32.3. The number of hydrogen-bond acceptors (Lipinski definition) is 7. The number of carboxylic acids is 2. The van der Waals surface area contributed by atoms with Gasteiger partial charge in [-0.25, -0.2) is 14.4 Å². The highest BCUT2D eigenvalue weighted by molar-refractivity contribution is 7.79. The van der Waals surface area contributed by atoms with Gasteiger partial charge in [-0.1, -0.05) is 31.7 Å². The highest BCUT2D eigenvalue weighted by Gasteiger charge is 1.87. The van der Waals surface area contributed by atoms with Gasteiger partial charge in [-0.05, 0) is 13.0 Å². The molecular formula is C15H22O11S. The fourth-order valence-corrected chi connectivity index (χ4v) is 0.669. The minimum absolute atomic E-state index is 0. The lowest BCUT2D eigenvalue weighted by Crippen LogP contribution is -1.92. The van der Waals surface area contributed by atoms with E-state index in [1.165, 1.54) is 38.3 Å². The van der Waals surface area contributed by atoms with Crippen molar-refractivity contribution in [3.05, 3.63) is 48.6 Å². The number of ketones is 1. The molecule has 154 valence electrons. The summed E-state index contributed by atoms with van der Waals surface area (Å²) in [6.07, 6.45) is 9.50. The maximum atomic E-state index is 10.4. The Hall–Kier alpha value is -3.09. The average molecular weight is 410 g/mol. The largest absolute Gasteiger partial charge is 0.478 e. The molecule has 27 heavy (non-hydrogen) atoms. The predicted octanol–water partition coefficient (Wildman–Crippen LogP) is 1.11. The van der Waals surface area contributed by atoms with Crippen LogP contribution in [-0.2, 0) is 34.3 Å². The van der Waals surface area contributed by atoms with Crippen molar-refractivity contribution in [1.29, 1.82) is 0 Å². The van der Waals surface area contributed by atoms with Crippen LogP contribution in [-0.4, -0.2) is 58.5 Å². The number of carbonyl (C=O) groups excluding carboxylic acids is 2. The van der Waals surface area contributed by atoms with Crippen molar-refractivity contribution in [2.24, 2.45) is 0 Å². The molecule has 0 aromatic heterocycles. The molecule has 0 rings (SSSR count). The highest BCUT2D eigenvalue weighted by Crippen LogP contribution is 1.81. The van der Waals surface area contributed by atoms with E-state index in [9.17, 15) is 19.2 Å². The smallest absolute Gasteiger partial charge is 0.394 e. The summed E-state index contributed by atoms with van der Waals surface area (Å²) in [5.41, 5.74) is 0. The van der Waals surface area contributed by atoms with Crippen LogP contribution in [0.5, 0.6) is 0 Å². The van der Waals surface area contributed by atoms with Gasteiger partial charge in [0, 0.05) is 18.2 Å². The number of ether oxygens (including phenoxy) is 1. The second kappa shape index (κ2) is 19.2. The van der Waals surface area contributed by atoms with Gasteiger partial charge in [0.1, 0.15) is 0 Å². The summed E-state index contributed by atoms with van der Waals surface area (Å²) in [4.78, 5) is 40.3. The Labute approximate surface area is 156 Å². The summed E-state index contributed by atoms with van der Waals surface area (Å²) < 4.78 is 35.9. The quantitative estimate of drug-likeness (QED) is 0.212. The van der Waals surface area contributed by atoms with Gasteiger partial charge in [-0.15, -0.1) is 0 Å². The first-order valence-corrected chi connectivity index (χ1v) is 7.63. The van der Waals surface area contributed by atoms with E-state index in [1.54, 1.807) is 0 Å². The zero-order valence-electron chi connectivity index (χ0n) is 13.7. The summed E-state index contributed by atoms with van der Waals surface area (Å²) in [5.74, 6) is -2.69. The Morgan fingerprint density at radius 2 is 1.07 bits per heavy atom. The van der Waals surface area contributed by atoms with Crippen LogP contribution < -0.4 is 0 Å². The Morgan fingerprint density at radius 3 is 1.33 bits per heavy atom. The molecule has 0 heterocycles. The summed E-state index contributed by atoms with van der Waals surface area (Å²) in [7, 11) is -3.37. The van der Waals surface area contributed by atoms with Crippen molar-refractivity contribution in [2.45, 2.75) is 14.4 Å². The first-order valence-electron chi connectivity index (χ1n) is 6.23. The van der Waals surface area contributed by atoms with E-state index in [2.05, 4.69) is 4.74 Å². The zero-order chi connectivity index (χ0) is 21.2. The molecule has 12 heteroatoms. The van der Waals surface area contributed by atoms with E-state index in [0.717, 1.165) is 24.3 Å².